The molecular weight excluding hydrogens is 418 g/mol. The third-order valence-electron chi connectivity index (χ3n) is 2.77. The summed E-state index contributed by atoms with van der Waals surface area (Å²) in [6, 6.07) is 8.06. The summed E-state index contributed by atoms with van der Waals surface area (Å²) in [7, 11) is 0. The van der Waals surface area contributed by atoms with Gasteiger partial charge in [0.1, 0.15) is 16.0 Å². The van der Waals surface area contributed by atoms with Crippen LogP contribution in [-0.2, 0) is 0 Å². The second-order valence-electron chi connectivity index (χ2n) is 4.25. The van der Waals surface area contributed by atoms with Crippen LogP contribution in [0, 0.1) is 0 Å². The molecule has 2 rings (SSSR count). The fraction of sp³-hybridized carbons (Fsp3) is 0. The van der Waals surface area contributed by atoms with Crippen LogP contribution in [0.3, 0.4) is 0 Å². The van der Waals surface area contributed by atoms with Gasteiger partial charge in [0.25, 0.3) is 5.91 Å². The molecule has 0 unspecified atom stereocenters. The average molecular weight is 429 g/mol. The first-order valence-electron chi connectivity index (χ1n) is 5.99. The number of nitrogens with two attached hydrogens (primary N) is 1. The lowest BCUT2D eigenvalue weighted by molar-refractivity contribution is 0.0956. The minimum absolute atomic E-state index is 0.127. The van der Waals surface area contributed by atoms with Gasteiger partial charge in [0.2, 0.25) is 0 Å². The number of nitrogen functional groups attached to an aromatic ring is 1. The van der Waals surface area contributed by atoms with Crippen LogP contribution in [0.15, 0.2) is 44.4 Å². The quantitative estimate of drug-likeness (QED) is 0.342. The predicted octanol–water partition coefficient (Wildman–Crippen LogP) is 2.97. The van der Waals surface area contributed by atoms with Crippen LogP contribution in [0.2, 0.25) is 0 Å². The fourth-order valence-electron chi connectivity index (χ4n) is 1.64. The van der Waals surface area contributed by atoms with Crippen molar-refractivity contribution in [3.8, 4) is 11.5 Å². The maximum atomic E-state index is 11.9. The van der Waals surface area contributed by atoms with Crippen molar-refractivity contribution in [3.63, 3.8) is 0 Å². The Morgan fingerprint density at radius 1 is 1.23 bits per heavy atom. The zero-order valence-corrected chi connectivity index (χ0v) is 14.2. The third kappa shape index (κ3) is 3.40. The fourth-order valence-corrected chi connectivity index (χ4v) is 2.79. The number of para-hydroxylation sites is 1. The van der Waals surface area contributed by atoms with Crippen LogP contribution in [0.25, 0.3) is 0 Å². The number of nitrogens with zero attached hydrogens (tertiary/aromatic N) is 1. The number of carbonyl (C=O) groups is 1. The van der Waals surface area contributed by atoms with Gasteiger partial charge >= 0.3 is 0 Å². The largest absolute Gasteiger partial charge is 0.506 e. The van der Waals surface area contributed by atoms with Crippen molar-refractivity contribution in [1.29, 1.82) is 0 Å². The van der Waals surface area contributed by atoms with Crippen molar-refractivity contribution in [3.05, 3.63) is 50.4 Å². The normalized spacial score (nSPS) is 10.8. The number of aromatic hydroxyl groups is 2. The minimum Gasteiger partial charge on any atom is -0.506 e. The predicted molar refractivity (Wildman–Crippen MR) is 91.1 cm³/mol. The third-order valence-corrected chi connectivity index (χ3v) is 4.13. The molecule has 0 saturated heterocycles. The molecular formula is C14H11Br2N3O3. The number of rotatable bonds is 3. The van der Waals surface area contributed by atoms with Crippen molar-refractivity contribution >= 4 is 49.7 Å². The Kier molecular flexibility index (Phi) is 5.04. The molecule has 2 aromatic rings. The Labute approximate surface area is 142 Å². The molecule has 0 radical (unpaired) electrons. The highest BCUT2D eigenvalue weighted by Gasteiger charge is 2.13. The van der Waals surface area contributed by atoms with E-state index in [0.29, 0.717) is 21.3 Å². The van der Waals surface area contributed by atoms with Gasteiger partial charge in [-0.3, -0.25) is 4.79 Å². The first kappa shape index (κ1) is 16.3. The van der Waals surface area contributed by atoms with Crippen molar-refractivity contribution in [2.24, 2.45) is 5.10 Å². The summed E-state index contributed by atoms with van der Waals surface area (Å²) in [5.41, 5.74) is 8.95. The molecule has 1 amide bonds. The van der Waals surface area contributed by atoms with Crippen LogP contribution in [-0.4, -0.2) is 22.3 Å². The highest BCUT2D eigenvalue weighted by molar-refractivity contribution is 9.11. The molecule has 0 spiro atoms. The Balaban J connectivity index is 2.17. The molecule has 5 N–H and O–H groups in total. The molecule has 0 atom stereocenters. The van der Waals surface area contributed by atoms with Gasteiger partial charge in [-0.25, -0.2) is 5.43 Å². The molecule has 0 heterocycles. The summed E-state index contributed by atoms with van der Waals surface area (Å²) in [6.07, 6.45) is 1.25. The number of benzene rings is 2. The second kappa shape index (κ2) is 6.80. The summed E-state index contributed by atoms with van der Waals surface area (Å²) in [5.74, 6) is -0.792. The number of nitrogens with one attached hydrogen (secondary N) is 1. The van der Waals surface area contributed by atoms with E-state index in [4.69, 9.17) is 5.73 Å². The van der Waals surface area contributed by atoms with E-state index in [1.54, 1.807) is 24.3 Å². The molecule has 0 aliphatic heterocycles. The average Bonchev–Trinajstić information content (AvgIpc) is 2.50. The van der Waals surface area contributed by atoms with E-state index in [0.717, 1.165) is 0 Å². The molecule has 114 valence electrons. The SMILES string of the molecule is Nc1ccccc1C(=O)N/N=C/c1cc(Br)c(O)c(Br)c1O. The van der Waals surface area contributed by atoms with Gasteiger partial charge < -0.3 is 15.9 Å². The van der Waals surface area contributed by atoms with E-state index in [2.05, 4.69) is 42.4 Å². The van der Waals surface area contributed by atoms with Crippen molar-refractivity contribution in [2.45, 2.75) is 0 Å². The molecule has 0 aliphatic rings. The van der Waals surface area contributed by atoms with Crippen LogP contribution >= 0.6 is 31.9 Å². The summed E-state index contributed by atoms with van der Waals surface area (Å²) in [6.45, 7) is 0. The topological polar surface area (TPSA) is 108 Å². The second-order valence-corrected chi connectivity index (χ2v) is 5.89. The molecule has 0 saturated carbocycles. The lowest BCUT2D eigenvalue weighted by atomic mass is 10.2. The van der Waals surface area contributed by atoms with Gasteiger partial charge in [-0.15, -0.1) is 0 Å². The van der Waals surface area contributed by atoms with Crippen LogP contribution < -0.4 is 11.2 Å². The molecule has 22 heavy (non-hydrogen) atoms. The van der Waals surface area contributed by atoms with E-state index in [1.165, 1.54) is 12.3 Å². The first-order chi connectivity index (χ1) is 10.4. The highest BCUT2D eigenvalue weighted by Crippen LogP contribution is 2.40. The summed E-state index contributed by atoms with van der Waals surface area (Å²) >= 11 is 6.19. The Morgan fingerprint density at radius 3 is 2.59 bits per heavy atom. The maximum absolute atomic E-state index is 11.9. The van der Waals surface area contributed by atoms with Gasteiger partial charge in [-0.2, -0.15) is 5.10 Å². The van der Waals surface area contributed by atoms with Crippen LogP contribution in [0.5, 0.6) is 11.5 Å². The molecule has 8 heteroatoms. The number of halogens is 2. The number of phenols is 2. The smallest absolute Gasteiger partial charge is 0.273 e. The number of hydrogen-bond acceptors (Lipinski definition) is 5. The van der Waals surface area contributed by atoms with Crippen molar-refractivity contribution < 1.29 is 15.0 Å². The van der Waals surface area contributed by atoms with E-state index in [9.17, 15) is 15.0 Å². The molecule has 0 aliphatic carbocycles. The maximum Gasteiger partial charge on any atom is 0.273 e. The zero-order valence-electron chi connectivity index (χ0n) is 11.0. The van der Waals surface area contributed by atoms with Gasteiger partial charge in [-0.05, 0) is 50.1 Å². The van der Waals surface area contributed by atoms with E-state index in [-0.39, 0.29) is 16.0 Å². The Morgan fingerprint density at radius 2 is 1.91 bits per heavy atom. The molecule has 6 nitrogen and oxygen atoms in total. The number of hydrogen-bond donors (Lipinski definition) is 4. The van der Waals surface area contributed by atoms with E-state index in [1.807, 2.05) is 0 Å². The van der Waals surface area contributed by atoms with E-state index >= 15 is 0 Å². The van der Waals surface area contributed by atoms with Gasteiger partial charge in [0.05, 0.1) is 16.3 Å². The van der Waals surface area contributed by atoms with Crippen LogP contribution in [0.1, 0.15) is 15.9 Å². The number of hydrazone groups is 1. The number of carbonyl (C=O) groups excluding carboxylic acids is 1. The molecule has 0 bridgehead atoms. The molecule has 0 aromatic heterocycles. The van der Waals surface area contributed by atoms with Crippen molar-refractivity contribution in [1.82, 2.24) is 5.43 Å². The number of phenolic OH excluding ortho intramolecular Hbond substituents is 2. The van der Waals surface area contributed by atoms with Crippen LogP contribution in [0.4, 0.5) is 5.69 Å². The van der Waals surface area contributed by atoms with Gasteiger partial charge in [0, 0.05) is 11.3 Å². The minimum atomic E-state index is -0.467. The van der Waals surface area contributed by atoms with Gasteiger partial charge in [-0.1, -0.05) is 12.1 Å². The summed E-state index contributed by atoms with van der Waals surface area (Å²) in [4.78, 5) is 11.9. The molecule has 0 fully saturated rings. The lowest BCUT2D eigenvalue weighted by Crippen LogP contribution is -2.19. The Hall–Kier alpha value is -2.06. The highest BCUT2D eigenvalue weighted by atomic mass is 79.9. The zero-order chi connectivity index (χ0) is 16.3. The standard InChI is InChI=1S/C14H11Br2N3O3/c15-9-5-7(12(20)11(16)13(9)21)6-18-19-14(22)8-3-1-2-4-10(8)17/h1-6,20-21H,17H2,(H,19,22)/b18-6+. The van der Waals surface area contributed by atoms with Crippen molar-refractivity contribution in [2.75, 3.05) is 5.73 Å². The lowest BCUT2D eigenvalue weighted by Gasteiger charge is -2.06. The van der Waals surface area contributed by atoms with E-state index < -0.39 is 5.91 Å². The number of amides is 1. The molecule has 2 aromatic carbocycles. The summed E-state index contributed by atoms with van der Waals surface area (Å²) < 4.78 is 0.499. The Bertz CT molecular complexity index is 763. The first-order valence-corrected chi connectivity index (χ1v) is 7.58. The van der Waals surface area contributed by atoms with Gasteiger partial charge in [0.15, 0.2) is 0 Å². The monoisotopic (exact) mass is 427 g/mol. The number of anilines is 1. The summed E-state index contributed by atoms with van der Waals surface area (Å²) in [5, 5.41) is 23.3.